The van der Waals surface area contributed by atoms with Gasteiger partial charge in [0.1, 0.15) is 22.6 Å². The van der Waals surface area contributed by atoms with Gasteiger partial charge in [0, 0.05) is 35.8 Å². The SMILES string of the molecule is COc1cc(F)cc(-c2ccnc3[nH]c(-c4n[nH]c5ccc(-c6cnccc6C)nc45)nc23)c1. The number of aromatic amines is 2. The van der Waals surface area contributed by atoms with Gasteiger partial charge in [-0.15, -0.1) is 0 Å². The molecule has 6 rings (SSSR count). The van der Waals surface area contributed by atoms with Gasteiger partial charge in [0.2, 0.25) is 0 Å². The number of aromatic nitrogens is 7. The van der Waals surface area contributed by atoms with E-state index in [0.717, 1.165) is 27.9 Å². The van der Waals surface area contributed by atoms with Crippen LogP contribution >= 0.6 is 0 Å². The van der Waals surface area contributed by atoms with Gasteiger partial charge < -0.3 is 9.72 Å². The van der Waals surface area contributed by atoms with Crippen LogP contribution in [0, 0.1) is 12.7 Å². The average molecular weight is 451 g/mol. The molecule has 2 N–H and O–H groups in total. The van der Waals surface area contributed by atoms with Crippen LogP contribution in [0.4, 0.5) is 4.39 Å². The Bertz CT molecular complexity index is 1690. The molecule has 1 aromatic carbocycles. The predicted octanol–water partition coefficient (Wildman–Crippen LogP) is 5.08. The highest BCUT2D eigenvalue weighted by molar-refractivity contribution is 5.95. The highest BCUT2D eigenvalue weighted by Gasteiger charge is 2.18. The molecule has 0 amide bonds. The van der Waals surface area contributed by atoms with Gasteiger partial charge in [-0.05, 0) is 54.4 Å². The molecule has 34 heavy (non-hydrogen) atoms. The topological polar surface area (TPSA) is 105 Å². The molecule has 0 fully saturated rings. The molecule has 9 heteroatoms. The highest BCUT2D eigenvalue weighted by Crippen LogP contribution is 2.33. The number of aryl methyl sites for hydroxylation is 1. The lowest BCUT2D eigenvalue weighted by atomic mass is 10.1. The summed E-state index contributed by atoms with van der Waals surface area (Å²) in [5.74, 6) is 0.546. The molecule has 0 saturated heterocycles. The Morgan fingerprint density at radius 2 is 1.85 bits per heavy atom. The first kappa shape index (κ1) is 20.0. The molecule has 5 heterocycles. The largest absolute Gasteiger partial charge is 0.497 e. The van der Waals surface area contributed by atoms with Crippen LogP contribution in [0.25, 0.3) is 56.1 Å². The minimum Gasteiger partial charge on any atom is -0.497 e. The van der Waals surface area contributed by atoms with Crippen LogP contribution in [0.1, 0.15) is 5.56 Å². The van der Waals surface area contributed by atoms with Crippen molar-refractivity contribution in [3.63, 3.8) is 0 Å². The normalized spacial score (nSPS) is 11.4. The van der Waals surface area contributed by atoms with Gasteiger partial charge in [0.25, 0.3) is 0 Å². The van der Waals surface area contributed by atoms with Crippen LogP contribution in [0.3, 0.4) is 0 Å². The molecule has 0 radical (unpaired) electrons. The number of pyridine rings is 3. The maximum absolute atomic E-state index is 14.2. The number of benzene rings is 1. The van der Waals surface area contributed by atoms with Gasteiger partial charge in [0.15, 0.2) is 17.2 Å². The molecule has 6 aromatic rings. The fourth-order valence-corrected chi connectivity index (χ4v) is 4.04. The quantitative estimate of drug-likeness (QED) is 0.387. The average Bonchev–Trinajstić information content (AvgIpc) is 3.47. The van der Waals surface area contributed by atoms with E-state index in [-0.39, 0.29) is 0 Å². The smallest absolute Gasteiger partial charge is 0.162 e. The summed E-state index contributed by atoms with van der Waals surface area (Å²) in [4.78, 5) is 21.5. The highest BCUT2D eigenvalue weighted by atomic mass is 19.1. The Morgan fingerprint density at radius 3 is 2.71 bits per heavy atom. The van der Waals surface area contributed by atoms with Crippen molar-refractivity contribution in [2.24, 2.45) is 0 Å². The van der Waals surface area contributed by atoms with Crippen LogP contribution < -0.4 is 4.74 Å². The molecule has 5 aromatic heterocycles. The molecule has 0 bridgehead atoms. The zero-order valence-electron chi connectivity index (χ0n) is 18.3. The second-order valence-corrected chi connectivity index (χ2v) is 7.88. The van der Waals surface area contributed by atoms with E-state index in [0.29, 0.717) is 39.5 Å². The van der Waals surface area contributed by atoms with Crippen LogP contribution in [0.5, 0.6) is 5.75 Å². The number of methoxy groups -OCH3 is 1. The third-order valence-electron chi connectivity index (χ3n) is 5.75. The van der Waals surface area contributed by atoms with Gasteiger partial charge in [-0.25, -0.2) is 19.3 Å². The Labute approximate surface area is 192 Å². The van der Waals surface area contributed by atoms with Crippen molar-refractivity contribution in [2.75, 3.05) is 7.11 Å². The number of ether oxygens (including phenoxy) is 1. The van der Waals surface area contributed by atoms with Crippen LogP contribution in [-0.2, 0) is 0 Å². The fraction of sp³-hybridized carbons (Fsp3) is 0.0800. The van der Waals surface area contributed by atoms with Gasteiger partial charge in [-0.3, -0.25) is 10.1 Å². The van der Waals surface area contributed by atoms with E-state index in [2.05, 4.69) is 25.1 Å². The molecule has 0 aliphatic heterocycles. The van der Waals surface area contributed by atoms with Gasteiger partial charge in [-0.1, -0.05) is 0 Å². The van der Waals surface area contributed by atoms with E-state index >= 15 is 0 Å². The molecule has 0 atom stereocenters. The summed E-state index contributed by atoms with van der Waals surface area (Å²) in [5.41, 5.74) is 7.37. The maximum Gasteiger partial charge on any atom is 0.162 e. The monoisotopic (exact) mass is 451 g/mol. The lowest BCUT2D eigenvalue weighted by molar-refractivity contribution is 0.411. The molecular weight excluding hydrogens is 433 g/mol. The van der Waals surface area contributed by atoms with Crippen molar-refractivity contribution in [1.29, 1.82) is 0 Å². The molecule has 0 spiro atoms. The number of fused-ring (bicyclic) bond motifs is 2. The number of rotatable bonds is 4. The standard InChI is InChI=1S/C25H18FN7O/c1-13-5-7-27-12-18(13)19-3-4-20-22(29-19)23(33-32-20)25-30-21-17(6-8-28-24(21)31-25)14-9-15(26)11-16(10-14)34-2/h3-12H,1-2H3,(H,32,33)(H,28,30,31). The van der Waals surface area contributed by atoms with Crippen molar-refractivity contribution in [3.8, 4) is 39.7 Å². The second kappa shape index (κ2) is 7.73. The molecular formula is C25H18FN7O. The van der Waals surface area contributed by atoms with Crippen molar-refractivity contribution < 1.29 is 9.13 Å². The third-order valence-corrected chi connectivity index (χ3v) is 5.75. The summed E-state index contributed by atoms with van der Waals surface area (Å²) < 4.78 is 19.4. The van der Waals surface area contributed by atoms with E-state index in [1.165, 1.54) is 19.2 Å². The zero-order valence-corrected chi connectivity index (χ0v) is 18.3. The lowest BCUT2D eigenvalue weighted by Gasteiger charge is -2.06. The van der Waals surface area contributed by atoms with Crippen LogP contribution in [0.2, 0.25) is 0 Å². The van der Waals surface area contributed by atoms with Crippen LogP contribution in [-0.4, -0.2) is 42.2 Å². The summed E-state index contributed by atoms with van der Waals surface area (Å²) >= 11 is 0. The van der Waals surface area contributed by atoms with Crippen molar-refractivity contribution in [3.05, 3.63) is 72.4 Å². The second-order valence-electron chi connectivity index (χ2n) is 7.88. The number of hydrogen-bond donors (Lipinski definition) is 2. The van der Waals surface area contributed by atoms with E-state index in [1.54, 1.807) is 30.7 Å². The zero-order chi connectivity index (χ0) is 23.2. The number of imidazole rings is 1. The summed E-state index contributed by atoms with van der Waals surface area (Å²) in [5, 5.41) is 7.48. The van der Waals surface area contributed by atoms with Crippen molar-refractivity contribution >= 4 is 22.2 Å². The number of nitrogens with zero attached hydrogens (tertiary/aromatic N) is 5. The first-order chi connectivity index (χ1) is 16.6. The number of hydrogen-bond acceptors (Lipinski definition) is 6. The van der Waals surface area contributed by atoms with Crippen LogP contribution in [0.15, 0.2) is 61.1 Å². The first-order valence-corrected chi connectivity index (χ1v) is 10.6. The summed E-state index contributed by atoms with van der Waals surface area (Å²) in [6, 6.07) is 12.2. The Hall–Kier alpha value is -4.66. The Kier molecular flexibility index (Phi) is 4.54. The minimum atomic E-state index is -0.393. The van der Waals surface area contributed by atoms with Crippen molar-refractivity contribution in [2.45, 2.75) is 6.92 Å². The first-order valence-electron chi connectivity index (χ1n) is 10.6. The van der Waals surface area contributed by atoms with E-state index in [4.69, 9.17) is 14.7 Å². The Balaban J connectivity index is 1.51. The minimum absolute atomic E-state index is 0.393. The molecule has 8 nitrogen and oxygen atoms in total. The molecule has 0 saturated carbocycles. The van der Waals surface area contributed by atoms with Gasteiger partial charge in [0.05, 0.1) is 18.3 Å². The van der Waals surface area contributed by atoms with Crippen molar-refractivity contribution in [1.82, 2.24) is 35.1 Å². The number of halogens is 1. The van der Waals surface area contributed by atoms with Gasteiger partial charge >= 0.3 is 0 Å². The van der Waals surface area contributed by atoms with E-state index in [9.17, 15) is 4.39 Å². The van der Waals surface area contributed by atoms with E-state index in [1.807, 2.05) is 25.1 Å². The third kappa shape index (κ3) is 3.25. The molecule has 0 aliphatic rings. The summed E-state index contributed by atoms with van der Waals surface area (Å²) in [6.07, 6.45) is 5.21. The fourth-order valence-electron chi connectivity index (χ4n) is 4.04. The van der Waals surface area contributed by atoms with E-state index < -0.39 is 5.82 Å². The summed E-state index contributed by atoms with van der Waals surface area (Å²) in [6.45, 7) is 2.02. The van der Waals surface area contributed by atoms with Gasteiger partial charge in [-0.2, -0.15) is 5.10 Å². The molecule has 0 unspecified atom stereocenters. The number of H-pyrrole nitrogens is 2. The predicted molar refractivity (Wildman–Crippen MR) is 127 cm³/mol. The number of nitrogens with one attached hydrogen (secondary N) is 2. The molecule has 0 aliphatic carbocycles. The summed E-state index contributed by atoms with van der Waals surface area (Å²) in [7, 11) is 1.50. The maximum atomic E-state index is 14.2. The lowest BCUT2D eigenvalue weighted by Crippen LogP contribution is -1.90. The molecule has 166 valence electrons. The Morgan fingerprint density at radius 1 is 0.941 bits per heavy atom.